The van der Waals surface area contributed by atoms with Crippen LogP contribution in [0, 0.1) is 5.92 Å². The van der Waals surface area contributed by atoms with Crippen LogP contribution in [0.15, 0.2) is 12.3 Å². The molecule has 2 unspecified atom stereocenters. The first-order valence-corrected chi connectivity index (χ1v) is 9.04. The lowest BCUT2D eigenvalue weighted by Crippen LogP contribution is -2.46. The summed E-state index contributed by atoms with van der Waals surface area (Å²) in [5.41, 5.74) is 0.493. The first-order valence-electron chi connectivity index (χ1n) is 9.04. The van der Waals surface area contributed by atoms with E-state index in [-0.39, 0.29) is 11.9 Å². The maximum atomic E-state index is 12.7. The standard InChI is InChI=1S/C17H25N5O2/c23-16(14-4-7-19-20-14)18-10-12-5-8-21(11-12)15-6-9-22(17(15)24)13-2-1-3-13/h4,7,12-13,15H,1-3,5-6,8-11H2,(H,18,23)(H,19,20). The monoisotopic (exact) mass is 331 g/mol. The molecular weight excluding hydrogens is 306 g/mol. The molecule has 2 amide bonds. The van der Waals surface area contributed by atoms with Crippen LogP contribution in [0.3, 0.4) is 0 Å². The van der Waals surface area contributed by atoms with Gasteiger partial charge in [-0.05, 0) is 50.6 Å². The van der Waals surface area contributed by atoms with Gasteiger partial charge in [-0.3, -0.25) is 19.6 Å². The molecular formula is C17H25N5O2. The molecule has 0 aromatic carbocycles. The molecule has 0 radical (unpaired) electrons. The van der Waals surface area contributed by atoms with Gasteiger partial charge in [-0.1, -0.05) is 0 Å². The largest absolute Gasteiger partial charge is 0.350 e. The number of aromatic amines is 1. The Labute approximate surface area is 141 Å². The Balaban J connectivity index is 1.26. The summed E-state index contributed by atoms with van der Waals surface area (Å²) in [6, 6.07) is 2.25. The van der Waals surface area contributed by atoms with E-state index in [1.54, 1.807) is 12.3 Å². The number of carbonyl (C=O) groups is 2. The highest BCUT2D eigenvalue weighted by Crippen LogP contribution is 2.31. The number of nitrogens with zero attached hydrogens (tertiary/aromatic N) is 3. The number of H-pyrrole nitrogens is 1. The summed E-state index contributed by atoms with van der Waals surface area (Å²) in [7, 11) is 0. The second kappa shape index (κ2) is 6.55. The van der Waals surface area contributed by atoms with Crippen LogP contribution in [0.2, 0.25) is 0 Å². The van der Waals surface area contributed by atoms with Crippen LogP contribution in [0.4, 0.5) is 0 Å². The number of hydrogen-bond donors (Lipinski definition) is 2. The zero-order chi connectivity index (χ0) is 16.5. The van der Waals surface area contributed by atoms with Crippen molar-refractivity contribution in [2.75, 3.05) is 26.2 Å². The van der Waals surface area contributed by atoms with Gasteiger partial charge in [-0.15, -0.1) is 0 Å². The van der Waals surface area contributed by atoms with Gasteiger partial charge in [0.05, 0.1) is 6.04 Å². The number of aromatic nitrogens is 2. The molecule has 130 valence electrons. The Morgan fingerprint density at radius 1 is 1.29 bits per heavy atom. The van der Waals surface area contributed by atoms with Crippen molar-refractivity contribution >= 4 is 11.8 Å². The van der Waals surface area contributed by atoms with Crippen molar-refractivity contribution in [2.45, 2.75) is 44.2 Å². The lowest BCUT2D eigenvalue weighted by atomic mass is 9.92. The lowest BCUT2D eigenvalue weighted by Gasteiger charge is -2.35. The van der Waals surface area contributed by atoms with Crippen LogP contribution in [0.1, 0.15) is 42.6 Å². The van der Waals surface area contributed by atoms with E-state index in [1.165, 1.54) is 19.3 Å². The van der Waals surface area contributed by atoms with E-state index in [0.29, 0.717) is 30.1 Å². The average Bonchev–Trinajstić information content (AvgIpc) is 3.25. The highest BCUT2D eigenvalue weighted by molar-refractivity contribution is 5.92. The summed E-state index contributed by atoms with van der Waals surface area (Å²) < 4.78 is 0. The fourth-order valence-electron chi connectivity index (χ4n) is 4.11. The minimum Gasteiger partial charge on any atom is -0.350 e. The van der Waals surface area contributed by atoms with Gasteiger partial charge < -0.3 is 10.2 Å². The first-order chi connectivity index (χ1) is 11.7. The van der Waals surface area contributed by atoms with Crippen LogP contribution in [0.5, 0.6) is 0 Å². The molecule has 1 saturated carbocycles. The van der Waals surface area contributed by atoms with Crippen molar-refractivity contribution in [2.24, 2.45) is 5.92 Å². The molecule has 4 rings (SSSR count). The molecule has 2 atom stereocenters. The second-order valence-electron chi connectivity index (χ2n) is 7.25. The normalized spacial score (nSPS) is 28.3. The van der Waals surface area contributed by atoms with E-state index in [4.69, 9.17) is 0 Å². The predicted molar refractivity (Wildman–Crippen MR) is 88.4 cm³/mol. The van der Waals surface area contributed by atoms with E-state index in [9.17, 15) is 9.59 Å². The Bertz CT molecular complexity index is 598. The molecule has 7 heteroatoms. The summed E-state index contributed by atoms with van der Waals surface area (Å²) >= 11 is 0. The Morgan fingerprint density at radius 2 is 2.17 bits per heavy atom. The molecule has 1 aromatic heterocycles. The molecule has 0 bridgehead atoms. The number of likely N-dealkylation sites (tertiary alicyclic amines) is 2. The molecule has 3 aliphatic rings. The van der Waals surface area contributed by atoms with Crippen LogP contribution in [-0.4, -0.2) is 70.1 Å². The van der Waals surface area contributed by atoms with Crippen molar-refractivity contribution < 1.29 is 9.59 Å². The summed E-state index contributed by atoms with van der Waals surface area (Å²) in [6.07, 6.45) is 7.20. The molecule has 7 nitrogen and oxygen atoms in total. The Morgan fingerprint density at radius 3 is 2.88 bits per heavy atom. The third-order valence-electron chi connectivity index (χ3n) is 5.78. The molecule has 2 N–H and O–H groups in total. The van der Waals surface area contributed by atoms with Gasteiger partial charge in [-0.25, -0.2) is 0 Å². The van der Waals surface area contributed by atoms with Crippen LogP contribution in [-0.2, 0) is 4.79 Å². The van der Waals surface area contributed by atoms with Crippen LogP contribution in [0.25, 0.3) is 0 Å². The SMILES string of the molecule is O=C(NCC1CCN(C2CCN(C3CCC3)C2=O)C1)c1ccn[nH]1. The van der Waals surface area contributed by atoms with Crippen LogP contribution >= 0.6 is 0 Å². The highest BCUT2D eigenvalue weighted by atomic mass is 16.2. The molecule has 24 heavy (non-hydrogen) atoms. The smallest absolute Gasteiger partial charge is 0.269 e. The Kier molecular flexibility index (Phi) is 4.26. The minimum atomic E-state index is -0.112. The van der Waals surface area contributed by atoms with E-state index >= 15 is 0 Å². The predicted octanol–water partition coefficient (Wildman–Crippen LogP) is 0.615. The number of carbonyl (C=O) groups excluding carboxylic acids is 2. The summed E-state index contributed by atoms with van der Waals surface area (Å²) in [5.74, 6) is 0.642. The van der Waals surface area contributed by atoms with E-state index in [0.717, 1.165) is 32.5 Å². The van der Waals surface area contributed by atoms with Crippen molar-refractivity contribution in [1.29, 1.82) is 0 Å². The fourth-order valence-corrected chi connectivity index (χ4v) is 4.11. The van der Waals surface area contributed by atoms with Gasteiger partial charge in [0.2, 0.25) is 5.91 Å². The van der Waals surface area contributed by atoms with E-state index < -0.39 is 0 Å². The lowest BCUT2D eigenvalue weighted by molar-refractivity contribution is -0.135. The zero-order valence-electron chi connectivity index (χ0n) is 13.9. The van der Waals surface area contributed by atoms with Gasteiger partial charge in [0, 0.05) is 31.9 Å². The van der Waals surface area contributed by atoms with Crippen molar-refractivity contribution in [3.63, 3.8) is 0 Å². The zero-order valence-corrected chi connectivity index (χ0v) is 13.9. The Hall–Kier alpha value is -1.89. The van der Waals surface area contributed by atoms with Crippen LogP contribution < -0.4 is 5.32 Å². The third kappa shape index (κ3) is 2.92. The van der Waals surface area contributed by atoms with Gasteiger partial charge in [-0.2, -0.15) is 5.10 Å². The van der Waals surface area contributed by atoms with E-state index in [1.807, 2.05) is 0 Å². The molecule has 1 aliphatic carbocycles. The maximum Gasteiger partial charge on any atom is 0.269 e. The quantitative estimate of drug-likeness (QED) is 0.828. The molecule has 3 heterocycles. The fraction of sp³-hybridized carbons (Fsp3) is 0.706. The molecule has 2 aliphatic heterocycles. The van der Waals surface area contributed by atoms with Crippen molar-refractivity contribution in [1.82, 2.24) is 25.3 Å². The summed E-state index contributed by atoms with van der Waals surface area (Å²) in [4.78, 5) is 29.1. The van der Waals surface area contributed by atoms with Crippen molar-refractivity contribution in [3.05, 3.63) is 18.0 Å². The average molecular weight is 331 g/mol. The van der Waals surface area contributed by atoms with Gasteiger partial charge in [0.1, 0.15) is 5.69 Å². The number of rotatable bonds is 5. The van der Waals surface area contributed by atoms with Crippen molar-refractivity contribution in [3.8, 4) is 0 Å². The number of hydrogen-bond acceptors (Lipinski definition) is 4. The summed E-state index contributed by atoms with van der Waals surface area (Å²) in [5, 5.41) is 9.43. The maximum absolute atomic E-state index is 12.7. The highest BCUT2D eigenvalue weighted by Gasteiger charge is 2.42. The van der Waals surface area contributed by atoms with Gasteiger partial charge in [0.15, 0.2) is 0 Å². The van der Waals surface area contributed by atoms with Gasteiger partial charge in [0.25, 0.3) is 5.91 Å². The topological polar surface area (TPSA) is 81.3 Å². The van der Waals surface area contributed by atoms with Gasteiger partial charge >= 0.3 is 0 Å². The molecule has 3 fully saturated rings. The van der Waals surface area contributed by atoms with E-state index in [2.05, 4.69) is 25.3 Å². The molecule has 0 spiro atoms. The molecule has 1 aromatic rings. The second-order valence-corrected chi connectivity index (χ2v) is 7.25. The first kappa shape index (κ1) is 15.6. The molecule has 2 saturated heterocycles. The number of nitrogens with one attached hydrogen (secondary N) is 2. The minimum absolute atomic E-state index is 0.0684. The number of amides is 2. The third-order valence-corrected chi connectivity index (χ3v) is 5.78. The summed E-state index contributed by atoms with van der Waals surface area (Å²) in [6.45, 7) is 3.44.